The highest BCUT2D eigenvalue weighted by atomic mass is 35.5. The van der Waals surface area contributed by atoms with E-state index in [4.69, 9.17) is 69.6 Å². The lowest BCUT2D eigenvalue weighted by Gasteiger charge is -2.56. The van der Waals surface area contributed by atoms with Crippen LogP contribution in [0, 0.1) is 0 Å². The van der Waals surface area contributed by atoms with E-state index in [1.54, 1.807) is 0 Å². The summed E-state index contributed by atoms with van der Waals surface area (Å²) in [5, 5.41) is 1.60. The van der Waals surface area contributed by atoms with E-state index in [2.05, 4.69) is 0 Å². The van der Waals surface area contributed by atoms with Crippen LogP contribution in [0.2, 0.25) is 30.1 Å². The predicted octanol–water partition coefficient (Wildman–Crippen LogP) is 11.9. The van der Waals surface area contributed by atoms with E-state index in [9.17, 15) is 16.4 Å². The molecular weight excluding hydrogens is 873 g/mol. The summed E-state index contributed by atoms with van der Waals surface area (Å²) in [4.78, 5) is 7.47. The zero-order valence-corrected chi connectivity index (χ0v) is 35.8. The third-order valence-electron chi connectivity index (χ3n) is 10.8. The molecule has 0 saturated carbocycles. The van der Waals surface area contributed by atoms with E-state index in [0.717, 1.165) is 0 Å². The molecule has 11 rings (SSSR count). The molecule has 5 fully saturated rings. The SMILES string of the molecule is [2H]C([2H])(c1ccc(Cl)cc1)N1C2C3N(C([2H])([2H])c4ccc(Cl)cc4)C1C1N(C([2H])([2H])c4ccc(Cl)cc4)C(C(N1C([2H])([2H])c1ccc(Cl)cc1)N3C([2H])([2H])c1ccc(Cl)cc1)N2C([2H])([2H])c1ccc(Cl)cc1. The maximum atomic E-state index is 10.5. The first-order valence-corrected chi connectivity index (χ1v) is 21.3. The van der Waals surface area contributed by atoms with Crippen molar-refractivity contribution < 1.29 is 16.4 Å². The van der Waals surface area contributed by atoms with E-state index >= 15 is 0 Å². The average Bonchev–Trinajstić information content (AvgIpc) is 3.80. The van der Waals surface area contributed by atoms with E-state index in [-0.39, 0.29) is 63.5 Å². The van der Waals surface area contributed by atoms with Gasteiger partial charge in [0.15, 0.2) is 0 Å². The molecule has 5 heterocycles. The minimum Gasteiger partial charge on any atom is -0.262 e. The Labute approximate surface area is 398 Å². The fourth-order valence-electron chi connectivity index (χ4n) is 8.30. The van der Waals surface area contributed by atoms with Crippen LogP contribution in [0.4, 0.5) is 0 Å². The highest BCUT2D eigenvalue weighted by Gasteiger charge is 2.71. The Morgan fingerprint density at radius 3 is 0.483 bits per heavy atom. The number of piperazine rings is 1. The molecule has 0 atom stereocenters. The van der Waals surface area contributed by atoms with E-state index in [1.807, 2.05) is 0 Å². The van der Waals surface area contributed by atoms with Crippen LogP contribution in [0.1, 0.15) is 49.8 Å². The van der Waals surface area contributed by atoms with Crippen LogP contribution >= 0.6 is 69.6 Å². The molecule has 5 aliphatic heterocycles. The third kappa shape index (κ3) is 8.01. The summed E-state index contributed by atoms with van der Waals surface area (Å²) in [6, 6.07) is 34.9. The molecule has 60 heavy (non-hydrogen) atoms. The molecule has 6 nitrogen and oxygen atoms in total. The number of benzene rings is 6. The van der Waals surface area contributed by atoms with Gasteiger partial charge in [-0.05, 0) is 106 Å². The minimum absolute atomic E-state index is 0.0223. The average molecular weight is 928 g/mol. The molecular formula is C48H42Cl6N6. The van der Waals surface area contributed by atoms with E-state index in [0.29, 0.717) is 0 Å². The Hall–Kier alpha value is -3.18. The van der Waals surface area contributed by atoms with E-state index in [1.165, 1.54) is 175 Å². The molecule has 0 radical (unpaired) electrons. The molecule has 0 aliphatic carbocycles. The maximum absolute atomic E-state index is 10.5. The summed E-state index contributed by atoms with van der Waals surface area (Å²) >= 11 is 38.5. The van der Waals surface area contributed by atoms with Crippen molar-refractivity contribution in [1.82, 2.24) is 29.4 Å². The topological polar surface area (TPSA) is 19.4 Å². The second-order valence-corrected chi connectivity index (χ2v) is 17.3. The first-order valence-electron chi connectivity index (χ1n) is 25.0. The first kappa shape index (κ1) is 29.2. The first-order chi connectivity index (χ1) is 33.7. The van der Waals surface area contributed by atoms with Gasteiger partial charge in [0, 0.05) is 85.6 Å². The Morgan fingerprint density at radius 1 is 0.250 bits per heavy atom. The van der Waals surface area contributed by atoms with Crippen LogP contribution in [0.5, 0.6) is 0 Å². The fourth-order valence-corrected chi connectivity index (χ4v) is 9.06. The van der Waals surface area contributed by atoms with Gasteiger partial charge in [0.05, 0.1) is 37.0 Å². The molecule has 0 aromatic heterocycles. The summed E-state index contributed by atoms with van der Waals surface area (Å²) in [7, 11) is 0. The quantitative estimate of drug-likeness (QED) is 0.121. The van der Waals surface area contributed by atoms with Crippen LogP contribution in [-0.2, 0) is 39.0 Å². The predicted molar refractivity (Wildman–Crippen MR) is 245 cm³/mol. The van der Waals surface area contributed by atoms with Gasteiger partial charge in [0.2, 0.25) is 0 Å². The standard InChI is InChI=1S/C48H42Cl6N6/c49-37-13-1-31(2-14-37)25-55-43-45-56(26-32-3-15-38(50)16-4-32)46-44(55)58(28-34-7-19-40(52)20-8-34)48(60(46)30-36-11-23-42(54)24-12-36)47(57(43)27-33-5-17-39(51)18-6-33)59(45)29-35-9-21-41(53)22-10-35/h1-24,43-48H,25-30H2/i25D2,26D2,27D2,28D2,29D2,30D2. The molecule has 5 saturated heterocycles. The van der Waals surface area contributed by atoms with Crippen LogP contribution in [0.3, 0.4) is 0 Å². The Morgan fingerprint density at radius 2 is 0.367 bits per heavy atom. The van der Waals surface area contributed by atoms with Crippen molar-refractivity contribution in [2.75, 3.05) is 0 Å². The van der Waals surface area contributed by atoms with Gasteiger partial charge in [0.1, 0.15) is 0 Å². The van der Waals surface area contributed by atoms with E-state index < -0.39 is 76.0 Å². The Balaban J connectivity index is 1.41. The lowest BCUT2D eigenvalue weighted by molar-refractivity contribution is -0.166. The van der Waals surface area contributed by atoms with Crippen molar-refractivity contribution in [3.8, 4) is 0 Å². The molecule has 5 aliphatic rings. The number of nitrogens with zero attached hydrogens (tertiary/aromatic N) is 6. The van der Waals surface area contributed by atoms with Gasteiger partial charge >= 0.3 is 0 Å². The van der Waals surface area contributed by atoms with Crippen molar-refractivity contribution in [2.24, 2.45) is 0 Å². The molecule has 306 valence electrons. The molecule has 6 aromatic rings. The van der Waals surface area contributed by atoms with Gasteiger partial charge in [-0.25, -0.2) is 0 Å². The number of rotatable bonds is 12. The molecule has 6 bridgehead atoms. The van der Waals surface area contributed by atoms with Crippen LogP contribution < -0.4 is 0 Å². The van der Waals surface area contributed by atoms with Crippen LogP contribution in [0.25, 0.3) is 0 Å². The lowest BCUT2D eigenvalue weighted by Crippen LogP contribution is -2.73. The monoisotopic (exact) mass is 924 g/mol. The van der Waals surface area contributed by atoms with Gasteiger partial charge in [-0.3, -0.25) is 29.4 Å². The van der Waals surface area contributed by atoms with Crippen molar-refractivity contribution in [3.05, 3.63) is 209 Å². The van der Waals surface area contributed by atoms with Crippen LogP contribution in [-0.4, -0.2) is 66.4 Å². The highest BCUT2D eigenvalue weighted by Crippen LogP contribution is 2.54. The molecule has 12 heteroatoms. The normalized spacial score (nSPS) is 28.9. The molecule has 0 spiro atoms. The summed E-state index contributed by atoms with van der Waals surface area (Å²) in [6.45, 7) is -16.8. The van der Waals surface area contributed by atoms with Crippen LogP contribution in [0.15, 0.2) is 146 Å². The minimum atomic E-state index is -2.80. The number of hydrogen-bond donors (Lipinski definition) is 0. The van der Waals surface area contributed by atoms with Gasteiger partial charge in [0.25, 0.3) is 0 Å². The lowest BCUT2D eigenvalue weighted by atomic mass is 10.0. The third-order valence-corrected chi connectivity index (χ3v) is 12.3. The number of hydrogen-bond acceptors (Lipinski definition) is 6. The largest absolute Gasteiger partial charge is 0.262 e. The highest BCUT2D eigenvalue weighted by molar-refractivity contribution is 6.32. The van der Waals surface area contributed by atoms with Crippen molar-refractivity contribution in [3.63, 3.8) is 0 Å². The second kappa shape index (κ2) is 17.2. The van der Waals surface area contributed by atoms with Crippen molar-refractivity contribution in [2.45, 2.75) is 76.0 Å². The summed E-state index contributed by atoms with van der Waals surface area (Å²) < 4.78 is 125. The fraction of sp³-hybridized carbons (Fsp3) is 0.250. The summed E-state index contributed by atoms with van der Waals surface area (Å²) in [5.41, 5.74) is -0.144. The Kier molecular flexibility index (Phi) is 8.37. The van der Waals surface area contributed by atoms with Crippen molar-refractivity contribution >= 4 is 69.6 Å². The zero-order valence-electron chi connectivity index (χ0n) is 43.3. The van der Waals surface area contributed by atoms with Gasteiger partial charge in [-0.1, -0.05) is 142 Å². The molecule has 0 amide bonds. The van der Waals surface area contributed by atoms with Gasteiger partial charge < -0.3 is 0 Å². The smallest absolute Gasteiger partial charge is 0.0955 e. The van der Waals surface area contributed by atoms with Crippen molar-refractivity contribution in [1.29, 1.82) is 0 Å². The Bertz CT molecular complexity index is 2640. The summed E-state index contributed by atoms with van der Waals surface area (Å²) in [5.74, 6) is 0. The molecule has 0 N–H and O–H groups in total. The van der Waals surface area contributed by atoms with Gasteiger partial charge in [-0.15, -0.1) is 0 Å². The maximum Gasteiger partial charge on any atom is 0.0955 e. The number of halogens is 6. The molecule has 0 unspecified atom stereocenters. The second-order valence-electron chi connectivity index (χ2n) is 14.6. The summed E-state index contributed by atoms with van der Waals surface area (Å²) in [6.07, 6.45) is -10.7. The zero-order chi connectivity index (χ0) is 51.8. The molecule has 6 aromatic carbocycles. The van der Waals surface area contributed by atoms with Gasteiger partial charge in [-0.2, -0.15) is 0 Å².